The Bertz CT molecular complexity index is 550. The molecule has 3 heteroatoms. The van der Waals surface area contributed by atoms with Gasteiger partial charge in [-0.3, -0.25) is 4.98 Å². The predicted octanol–water partition coefficient (Wildman–Crippen LogP) is 3.59. The first kappa shape index (κ1) is 12.4. The van der Waals surface area contributed by atoms with Crippen LogP contribution in [-0.4, -0.2) is 17.2 Å². The normalized spacial score (nSPS) is 10.7. The highest BCUT2D eigenvalue weighted by Gasteiger charge is 2.08. The third-order valence-corrected chi connectivity index (χ3v) is 2.93. The van der Waals surface area contributed by atoms with Crippen LogP contribution in [0.1, 0.15) is 25.3 Å². The molecule has 1 aromatic heterocycles. The van der Waals surface area contributed by atoms with Crippen LogP contribution in [0.15, 0.2) is 36.7 Å². The van der Waals surface area contributed by atoms with Gasteiger partial charge in [0.25, 0.3) is 0 Å². The second-order valence-electron chi connectivity index (χ2n) is 4.54. The average molecular weight is 243 g/mol. The number of rotatable bonds is 3. The molecule has 18 heavy (non-hydrogen) atoms. The van der Waals surface area contributed by atoms with E-state index in [0.29, 0.717) is 17.4 Å². The van der Waals surface area contributed by atoms with Gasteiger partial charge in [0.2, 0.25) is 0 Å². The minimum atomic E-state index is 0.308. The maximum atomic E-state index is 10.00. The molecule has 0 spiro atoms. The monoisotopic (exact) mass is 243 g/mol. The lowest BCUT2D eigenvalue weighted by atomic mass is 9.98. The smallest absolute Gasteiger partial charge is 0.137 e. The molecule has 94 valence electrons. The van der Waals surface area contributed by atoms with E-state index in [2.05, 4.69) is 18.8 Å². The summed E-state index contributed by atoms with van der Waals surface area (Å²) in [5.41, 5.74) is 2.82. The number of phenols is 1. The van der Waals surface area contributed by atoms with Crippen LogP contribution >= 0.6 is 0 Å². The van der Waals surface area contributed by atoms with Gasteiger partial charge in [-0.2, -0.15) is 0 Å². The Morgan fingerprint density at radius 2 is 1.89 bits per heavy atom. The molecule has 1 aromatic carbocycles. The topological polar surface area (TPSA) is 42.4 Å². The molecular formula is C15H17NO2. The van der Waals surface area contributed by atoms with Crippen molar-refractivity contribution in [1.82, 2.24) is 4.98 Å². The van der Waals surface area contributed by atoms with Crippen molar-refractivity contribution >= 4 is 0 Å². The summed E-state index contributed by atoms with van der Waals surface area (Å²) in [5, 5.41) is 10.00. The zero-order valence-corrected chi connectivity index (χ0v) is 10.8. The van der Waals surface area contributed by atoms with E-state index in [0.717, 1.165) is 16.7 Å². The van der Waals surface area contributed by atoms with Crippen molar-refractivity contribution in [3.8, 4) is 22.6 Å². The fourth-order valence-corrected chi connectivity index (χ4v) is 1.90. The standard InChI is InChI=1S/C15H17NO2/c1-10(2)14-5-4-11(7-15(14)17)12-6-13(18-3)9-16-8-12/h4-10,17H,1-3H3. The number of ether oxygens (including phenoxy) is 1. The molecule has 0 saturated carbocycles. The summed E-state index contributed by atoms with van der Waals surface area (Å²) in [5.74, 6) is 1.34. The SMILES string of the molecule is COc1cncc(-c2ccc(C(C)C)c(O)c2)c1. The van der Waals surface area contributed by atoms with E-state index < -0.39 is 0 Å². The lowest BCUT2D eigenvalue weighted by Gasteiger charge is -2.10. The van der Waals surface area contributed by atoms with E-state index in [4.69, 9.17) is 4.74 Å². The molecule has 2 aromatic rings. The Hall–Kier alpha value is -2.03. The largest absolute Gasteiger partial charge is 0.508 e. The maximum absolute atomic E-state index is 10.00. The highest BCUT2D eigenvalue weighted by atomic mass is 16.5. The maximum Gasteiger partial charge on any atom is 0.137 e. The van der Waals surface area contributed by atoms with Crippen molar-refractivity contribution in [2.24, 2.45) is 0 Å². The lowest BCUT2D eigenvalue weighted by Crippen LogP contribution is -1.90. The molecule has 0 radical (unpaired) electrons. The number of hydrogen-bond acceptors (Lipinski definition) is 3. The minimum absolute atomic E-state index is 0.308. The predicted molar refractivity (Wildman–Crippen MR) is 72.0 cm³/mol. The quantitative estimate of drug-likeness (QED) is 0.895. The number of benzene rings is 1. The van der Waals surface area contributed by atoms with Gasteiger partial charge in [-0.05, 0) is 29.2 Å². The second-order valence-corrected chi connectivity index (χ2v) is 4.54. The molecule has 0 saturated heterocycles. The highest BCUT2D eigenvalue weighted by molar-refractivity contribution is 5.66. The molecule has 0 bridgehead atoms. The Morgan fingerprint density at radius 3 is 2.50 bits per heavy atom. The summed E-state index contributed by atoms with van der Waals surface area (Å²) in [7, 11) is 1.61. The number of phenolic OH excluding ortho intramolecular Hbond substituents is 1. The molecule has 0 aliphatic heterocycles. The van der Waals surface area contributed by atoms with E-state index in [1.165, 1.54) is 0 Å². The molecule has 0 fully saturated rings. The van der Waals surface area contributed by atoms with Gasteiger partial charge < -0.3 is 9.84 Å². The zero-order chi connectivity index (χ0) is 13.1. The second kappa shape index (κ2) is 5.08. The minimum Gasteiger partial charge on any atom is -0.508 e. The number of aromatic hydroxyl groups is 1. The number of aromatic nitrogens is 1. The van der Waals surface area contributed by atoms with Crippen molar-refractivity contribution in [3.63, 3.8) is 0 Å². The summed E-state index contributed by atoms with van der Waals surface area (Å²) in [6.07, 6.45) is 3.41. The Labute approximate surface area is 107 Å². The van der Waals surface area contributed by atoms with Crippen molar-refractivity contribution in [2.45, 2.75) is 19.8 Å². The molecule has 0 aliphatic carbocycles. The first-order valence-electron chi connectivity index (χ1n) is 5.94. The summed E-state index contributed by atoms with van der Waals surface area (Å²) in [6.45, 7) is 4.11. The van der Waals surface area contributed by atoms with Crippen molar-refractivity contribution in [1.29, 1.82) is 0 Å². The first-order chi connectivity index (χ1) is 8.61. The molecule has 2 rings (SSSR count). The van der Waals surface area contributed by atoms with Crippen molar-refractivity contribution < 1.29 is 9.84 Å². The summed E-state index contributed by atoms with van der Waals surface area (Å²) in [4.78, 5) is 4.11. The van der Waals surface area contributed by atoms with Gasteiger partial charge in [0.15, 0.2) is 0 Å². The summed E-state index contributed by atoms with van der Waals surface area (Å²) in [6, 6.07) is 7.61. The average Bonchev–Trinajstić information content (AvgIpc) is 2.38. The van der Waals surface area contributed by atoms with E-state index in [1.807, 2.05) is 18.2 Å². The van der Waals surface area contributed by atoms with Gasteiger partial charge >= 0.3 is 0 Å². The van der Waals surface area contributed by atoms with Crippen LogP contribution < -0.4 is 4.74 Å². The van der Waals surface area contributed by atoms with Crippen LogP contribution in [0, 0.1) is 0 Å². The first-order valence-corrected chi connectivity index (χ1v) is 5.94. The number of methoxy groups -OCH3 is 1. The molecule has 0 atom stereocenters. The Balaban J connectivity index is 2.42. The number of hydrogen-bond donors (Lipinski definition) is 1. The van der Waals surface area contributed by atoms with Crippen LogP contribution in [0.2, 0.25) is 0 Å². The fourth-order valence-electron chi connectivity index (χ4n) is 1.90. The van der Waals surface area contributed by atoms with Crippen molar-refractivity contribution in [3.05, 3.63) is 42.2 Å². The summed E-state index contributed by atoms with van der Waals surface area (Å²) < 4.78 is 5.14. The molecule has 0 aliphatic rings. The van der Waals surface area contributed by atoms with Gasteiger partial charge in [0, 0.05) is 11.8 Å². The molecule has 3 nitrogen and oxygen atoms in total. The van der Waals surface area contributed by atoms with E-state index in [9.17, 15) is 5.11 Å². The van der Waals surface area contributed by atoms with Gasteiger partial charge in [0.1, 0.15) is 11.5 Å². The van der Waals surface area contributed by atoms with Gasteiger partial charge in [0.05, 0.1) is 13.3 Å². The van der Waals surface area contributed by atoms with Crippen LogP contribution in [-0.2, 0) is 0 Å². The van der Waals surface area contributed by atoms with E-state index >= 15 is 0 Å². The number of pyridine rings is 1. The third-order valence-electron chi connectivity index (χ3n) is 2.93. The van der Waals surface area contributed by atoms with Crippen molar-refractivity contribution in [2.75, 3.05) is 7.11 Å². The van der Waals surface area contributed by atoms with Crippen LogP contribution in [0.25, 0.3) is 11.1 Å². The van der Waals surface area contributed by atoms with E-state index in [1.54, 1.807) is 25.6 Å². The molecule has 1 N–H and O–H groups in total. The van der Waals surface area contributed by atoms with Crippen LogP contribution in [0.5, 0.6) is 11.5 Å². The molecule has 1 heterocycles. The van der Waals surface area contributed by atoms with E-state index in [-0.39, 0.29) is 0 Å². The van der Waals surface area contributed by atoms with Crippen LogP contribution in [0.4, 0.5) is 0 Å². The zero-order valence-electron chi connectivity index (χ0n) is 10.8. The Morgan fingerprint density at radius 1 is 1.11 bits per heavy atom. The molecule has 0 unspecified atom stereocenters. The lowest BCUT2D eigenvalue weighted by molar-refractivity contribution is 0.413. The number of nitrogens with zero attached hydrogens (tertiary/aromatic N) is 1. The van der Waals surface area contributed by atoms with Gasteiger partial charge in [-0.15, -0.1) is 0 Å². The Kier molecular flexibility index (Phi) is 3.51. The molecular weight excluding hydrogens is 226 g/mol. The molecule has 0 amide bonds. The fraction of sp³-hybridized carbons (Fsp3) is 0.267. The highest BCUT2D eigenvalue weighted by Crippen LogP contribution is 2.31. The van der Waals surface area contributed by atoms with Gasteiger partial charge in [-0.25, -0.2) is 0 Å². The third kappa shape index (κ3) is 2.45. The van der Waals surface area contributed by atoms with Gasteiger partial charge in [-0.1, -0.05) is 26.0 Å². The van der Waals surface area contributed by atoms with Crippen LogP contribution in [0.3, 0.4) is 0 Å². The summed E-state index contributed by atoms with van der Waals surface area (Å²) >= 11 is 0.